The van der Waals surface area contributed by atoms with Gasteiger partial charge in [-0.1, -0.05) is 19.9 Å². The highest BCUT2D eigenvalue weighted by molar-refractivity contribution is 7.12. The van der Waals surface area contributed by atoms with Gasteiger partial charge in [0.05, 0.1) is 10.6 Å². The number of hydrogen-bond acceptors (Lipinski definition) is 5. The molecule has 1 aliphatic rings. The monoisotopic (exact) mass is 400 g/mol. The lowest BCUT2D eigenvalue weighted by Gasteiger charge is -2.34. The van der Waals surface area contributed by atoms with Gasteiger partial charge in [-0.15, -0.1) is 11.3 Å². The van der Waals surface area contributed by atoms with Gasteiger partial charge in [-0.2, -0.15) is 0 Å². The second-order valence-corrected chi connectivity index (χ2v) is 7.75. The summed E-state index contributed by atoms with van der Waals surface area (Å²) in [4.78, 5) is 40.0. The number of ether oxygens (including phenoxy) is 1. The van der Waals surface area contributed by atoms with E-state index in [0.717, 1.165) is 6.42 Å². The van der Waals surface area contributed by atoms with Crippen molar-refractivity contribution in [2.45, 2.75) is 45.8 Å². The number of thiophene rings is 1. The maximum absolute atomic E-state index is 12.9. The fourth-order valence-corrected chi connectivity index (χ4v) is 3.69. The highest BCUT2D eigenvalue weighted by atomic mass is 32.1. The Balaban J connectivity index is 1.93. The normalized spacial score (nSPS) is 16.9. The Morgan fingerprint density at radius 2 is 2.07 bits per heavy atom. The second-order valence-electron chi connectivity index (χ2n) is 6.80. The summed E-state index contributed by atoms with van der Waals surface area (Å²) >= 11 is 1.36. The van der Waals surface area contributed by atoms with Gasteiger partial charge in [0.2, 0.25) is 11.7 Å². The molecule has 0 aliphatic carbocycles. The molecule has 0 saturated heterocycles. The van der Waals surface area contributed by atoms with Crippen LogP contribution >= 0.6 is 11.3 Å². The number of nitrogens with zero attached hydrogens (tertiary/aromatic N) is 1. The van der Waals surface area contributed by atoms with E-state index in [9.17, 15) is 14.4 Å². The van der Waals surface area contributed by atoms with Crippen LogP contribution < -0.4 is 15.0 Å². The molecule has 6 nitrogen and oxygen atoms in total. The number of anilines is 1. The fourth-order valence-electron chi connectivity index (χ4n) is 3.00. The minimum atomic E-state index is -0.636. The molecule has 0 unspecified atom stereocenters. The van der Waals surface area contributed by atoms with Crippen molar-refractivity contribution < 1.29 is 19.1 Å². The van der Waals surface area contributed by atoms with Crippen LogP contribution in [0.5, 0.6) is 5.75 Å². The quantitative estimate of drug-likeness (QED) is 0.723. The van der Waals surface area contributed by atoms with Crippen molar-refractivity contribution in [1.82, 2.24) is 5.32 Å². The number of fused-ring (bicyclic) bond motifs is 1. The number of benzene rings is 1. The Labute approximate surface area is 168 Å². The van der Waals surface area contributed by atoms with E-state index >= 15 is 0 Å². The topological polar surface area (TPSA) is 75.7 Å². The molecule has 1 aromatic carbocycles. The summed E-state index contributed by atoms with van der Waals surface area (Å²) in [6.45, 7) is 5.65. The molecule has 0 spiro atoms. The standard InChI is InChI=1S/C21H24N2O4S/c1-4-13(3)22-19(24)12-23-15-11-14(20(25)18-7-6-10-28-18)8-9-17(15)27-16(5-2)21(23)26/h6-11,13,16H,4-5,12H2,1-3H3,(H,22,24)/t13-,16-/m0/s1. The summed E-state index contributed by atoms with van der Waals surface area (Å²) in [6.07, 6.45) is 0.663. The summed E-state index contributed by atoms with van der Waals surface area (Å²) < 4.78 is 5.80. The number of nitrogens with one attached hydrogen (secondary N) is 1. The molecule has 148 valence electrons. The lowest BCUT2D eigenvalue weighted by molar-refractivity contribution is -0.129. The van der Waals surface area contributed by atoms with E-state index < -0.39 is 6.10 Å². The molecule has 1 aliphatic heterocycles. The van der Waals surface area contributed by atoms with Gasteiger partial charge in [0.15, 0.2) is 6.10 Å². The van der Waals surface area contributed by atoms with Crippen LogP contribution in [0.3, 0.4) is 0 Å². The number of amides is 2. The molecule has 2 aromatic rings. The van der Waals surface area contributed by atoms with E-state index in [0.29, 0.717) is 28.3 Å². The van der Waals surface area contributed by atoms with Crippen molar-refractivity contribution in [2.75, 3.05) is 11.4 Å². The predicted molar refractivity (Wildman–Crippen MR) is 109 cm³/mol. The smallest absolute Gasteiger partial charge is 0.268 e. The van der Waals surface area contributed by atoms with Crippen LogP contribution in [-0.2, 0) is 9.59 Å². The molecule has 1 N–H and O–H groups in total. The Hall–Kier alpha value is -2.67. The van der Waals surface area contributed by atoms with Gasteiger partial charge in [0, 0.05) is 11.6 Å². The maximum Gasteiger partial charge on any atom is 0.268 e. The van der Waals surface area contributed by atoms with Crippen LogP contribution in [0, 0.1) is 0 Å². The number of carbonyl (C=O) groups is 3. The maximum atomic E-state index is 12.9. The lowest BCUT2D eigenvalue weighted by Crippen LogP contribution is -2.50. The van der Waals surface area contributed by atoms with Gasteiger partial charge >= 0.3 is 0 Å². The third-order valence-electron chi connectivity index (χ3n) is 4.76. The largest absolute Gasteiger partial charge is 0.478 e. The van der Waals surface area contributed by atoms with E-state index in [2.05, 4.69) is 5.32 Å². The second kappa shape index (κ2) is 8.56. The van der Waals surface area contributed by atoms with Gasteiger partial charge in [-0.3, -0.25) is 19.3 Å². The molecule has 0 radical (unpaired) electrons. The Morgan fingerprint density at radius 1 is 1.29 bits per heavy atom. The molecule has 0 bridgehead atoms. The van der Waals surface area contributed by atoms with E-state index in [1.165, 1.54) is 16.2 Å². The van der Waals surface area contributed by atoms with Crippen LogP contribution in [0.4, 0.5) is 5.69 Å². The molecule has 0 saturated carbocycles. The van der Waals surface area contributed by atoms with Crippen molar-refractivity contribution >= 4 is 34.6 Å². The van der Waals surface area contributed by atoms with Gasteiger partial charge in [-0.25, -0.2) is 0 Å². The zero-order chi connectivity index (χ0) is 20.3. The van der Waals surface area contributed by atoms with E-state index in [1.54, 1.807) is 24.3 Å². The molecule has 1 aromatic heterocycles. The number of carbonyl (C=O) groups excluding carboxylic acids is 3. The van der Waals surface area contributed by atoms with Crippen molar-refractivity contribution in [2.24, 2.45) is 0 Å². The Morgan fingerprint density at radius 3 is 2.71 bits per heavy atom. The van der Waals surface area contributed by atoms with Crippen LogP contribution in [0.25, 0.3) is 0 Å². The highest BCUT2D eigenvalue weighted by Crippen LogP contribution is 2.36. The molecular formula is C21H24N2O4S. The van der Waals surface area contributed by atoms with Crippen LogP contribution in [-0.4, -0.2) is 36.3 Å². The third kappa shape index (κ3) is 4.09. The number of hydrogen-bond donors (Lipinski definition) is 1. The average molecular weight is 401 g/mol. The summed E-state index contributed by atoms with van der Waals surface area (Å²) in [5.41, 5.74) is 0.913. The molecule has 2 heterocycles. The first-order valence-corrected chi connectivity index (χ1v) is 10.3. The molecule has 0 fully saturated rings. The lowest BCUT2D eigenvalue weighted by atomic mass is 10.0. The Bertz CT molecular complexity index is 879. The summed E-state index contributed by atoms with van der Waals surface area (Å²) in [6, 6.07) is 8.64. The van der Waals surface area contributed by atoms with Crippen molar-refractivity contribution in [1.29, 1.82) is 0 Å². The minimum Gasteiger partial charge on any atom is -0.478 e. The average Bonchev–Trinajstić information content (AvgIpc) is 3.23. The minimum absolute atomic E-state index is 0.0248. The SMILES string of the molecule is CC[C@@H]1Oc2ccc(C(=O)c3cccs3)cc2N(CC(=O)N[C@@H](C)CC)C1=O. The van der Waals surface area contributed by atoms with Crippen LogP contribution in [0.2, 0.25) is 0 Å². The predicted octanol–water partition coefficient (Wildman–Crippen LogP) is 3.40. The third-order valence-corrected chi connectivity index (χ3v) is 5.63. The van der Waals surface area contributed by atoms with E-state index in [4.69, 9.17) is 4.74 Å². The first-order chi connectivity index (χ1) is 13.4. The molecule has 3 rings (SSSR count). The van der Waals surface area contributed by atoms with Gasteiger partial charge in [0.1, 0.15) is 12.3 Å². The first-order valence-electron chi connectivity index (χ1n) is 9.44. The molecular weight excluding hydrogens is 376 g/mol. The summed E-state index contributed by atoms with van der Waals surface area (Å²) in [5, 5.41) is 4.72. The summed E-state index contributed by atoms with van der Waals surface area (Å²) in [5.74, 6) is -0.118. The van der Waals surface area contributed by atoms with Crippen molar-refractivity contribution in [3.05, 3.63) is 46.2 Å². The molecule has 2 amide bonds. The van der Waals surface area contributed by atoms with Crippen LogP contribution in [0.15, 0.2) is 35.7 Å². The fraction of sp³-hybridized carbons (Fsp3) is 0.381. The zero-order valence-corrected chi connectivity index (χ0v) is 17.0. The van der Waals surface area contributed by atoms with Crippen molar-refractivity contribution in [3.63, 3.8) is 0 Å². The van der Waals surface area contributed by atoms with Crippen molar-refractivity contribution in [3.8, 4) is 5.75 Å². The van der Waals surface area contributed by atoms with E-state index in [1.807, 2.05) is 32.2 Å². The van der Waals surface area contributed by atoms with Gasteiger partial charge in [-0.05, 0) is 49.4 Å². The van der Waals surface area contributed by atoms with Gasteiger partial charge in [0.25, 0.3) is 5.91 Å². The first kappa shape index (κ1) is 20.1. The Kier molecular flexibility index (Phi) is 6.14. The van der Waals surface area contributed by atoms with Gasteiger partial charge < -0.3 is 10.1 Å². The number of rotatable bonds is 7. The molecule has 2 atom stereocenters. The number of ketones is 1. The zero-order valence-electron chi connectivity index (χ0n) is 16.2. The van der Waals surface area contributed by atoms with Crippen LogP contribution in [0.1, 0.15) is 48.8 Å². The summed E-state index contributed by atoms with van der Waals surface area (Å²) in [7, 11) is 0. The molecule has 7 heteroatoms. The molecule has 28 heavy (non-hydrogen) atoms. The van der Waals surface area contributed by atoms with E-state index in [-0.39, 0.29) is 30.2 Å². The highest BCUT2D eigenvalue weighted by Gasteiger charge is 2.35.